The van der Waals surface area contributed by atoms with E-state index in [9.17, 15) is 14.4 Å². The van der Waals surface area contributed by atoms with Gasteiger partial charge >= 0.3 is 5.69 Å². The van der Waals surface area contributed by atoms with Crippen LogP contribution in [0.3, 0.4) is 0 Å². The Balaban J connectivity index is 2.47. The molecule has 0 saturated carbocycles. The van der Waals surface area contributed by atoms with Crippen LogP contribution >= 0.6 is 11.6 Å². The predicted molar refractivity (Wildman–Crippen MR) is 84.6 cm³/mol. The molecule has 0 atom stereocenters. The lowest BCUT2D eigenvalue weighted by Gasteiger charge is -2.16. The molecule has 1 aromatic carbocycles. The maximum absolute atomic E-state index is 12.2. The van der Waals surface area contributed by atoms with Crippen LogP contribution in [0, 0.1) is 6.92 Å². The molecule has 2 heterocycles. The number of aromatic nitrogens is 4. The zero-order chi connectivity index (χ0) is 16.7. The number of H-pyrrole nitrogens is 1. The van der Waals surface area contributed by atoms with E-state index in [0.29, 0.717) is 16.3 Å². The Kier molecular flexibility index (Phi) is 3.57. The summed E-state index contributed by atoms with van der Waals surface area (Å²) in [5, 5.41) is 4.77. The van der Waals surface area contributed by atoms with E-state index in [1.807, 2.05) is 0 Å². The summed E-state index contributed by atoms with van der Waals surface area (Å²) < 4.78 is 1.30. The SMILES string of the molecule is CC(=O)c1nn(-c2ccc(Cl)cc2)c2nc(=O)[nH]c(=O)c-2c1C. The first-order chi connectivity index (χ1) is 10.9. The van der Waals surface area contributed by atoms with Gasteiger partial charge in [0.2, 0.25) is 0 Å². The van der Waals surface area contributed by atoms with Crippen molar-refractivity contribution < 1.29 is 4.79 Å². The Morgan fingerprint density at radius 3 is 2.48 bits per heavy atom. The lowest BCUT2D eigenvalue weighted by atomic mass is 10.1. The van der Waals surface area contributed by atoms with Crippen LogP contribution in [-0.2, 0) is 0 Å². The minimum absolute atomic E-state index is 0.0866. The van der Waals surface area contributed by atoms with Crippen molar-refractivity contribution in [1.29, 1.82) is 0 Å². The van der Waals surface area contributed by atoms with Crippen molar-refractivity contribution in [3.63, 3.8) is 0 Å². The van der Waals surface area contributed by atoms with Crippen molar-refractivity contribution in [2.75, 3.05) is 0 Å². The summed E-state index contributed by atoms with van der Waals surface area (Å²) in [6.07, 6.45) is 0. The molecule has 0 spiro atoms. The normalized spacial score (nSPS) is 10.9. The van der Waals surface area contributed by atoms with Crippen molar-refractivity contribution in [2.24, 2.45) is 0 Å². The van der Waals surface area contributed by atoms with E-state index in [1.54, 1.807) is 31.2 Å². The average Bonchev–Trinajstić information content (AvgIpc) is 2.47. The smallest absolute Gasteiger partial charge is 0.293 e. The second-order valence-electron chi connectivity index (χ2n) is 4.99. The number of nitrogens with one attached hydrogen (secondary N) is 1. The molecule has 2 aliphatic rings. The Hall–Kier alpha value is -2.80. The molecule has 2 aliphatic heterocycles. The number of halogens is 1. The molecule has 0 amide bonds. The van der Waals surface area contributed by atoms with E-state index in [1.165, 1.54) is 11.6 Å². The summed E-state index contributed by atoms with van der Waals surface area (Å²) in [5.74, 6) is -0.207. The fraction of sp³-hybridized carbons (Fsp3) is 0.133. The average molecular weight is 331 g/mol. The van der Waals surface area contributed by atoms with Crippen molar-refractivity contribution in [3.05, 3.63) is 61.4 Å². The molecule has 23 heavy (non-hydrogen) atoms. The van der Waals surface area contributed by atoms with Crippen molar-refractivity contribution in [3.8, 4) is 17.1 Å². The van der Waals surface area contributed by atoms with Crippen molar-refractivity contribution in [1.82, 2.24) is 19.7 Å². The number of aromatic amines is 1. The summed E-state index contributed by atoms with van der Waals surface area (Å²) in [4.78, 5) is 41.5. The second kappa shape index (κ2) is 5.44. The second-order valence-corrected chi connectivity index (χ2v) is 5.42. The molecule has 0 saturated heterocycles. The van der Waals surface area contributed by atoms with Crippen molar-refractivity contribution in [2.45, 2.75) is 13.8 Å². The van der Waals surface area contributed by atoms with Crippen LogP contribution in [0.25, 0.3) is 17.1 Å². The van der Waals surface area contributed by atoms with E-state index in [2.05, 4.69) is 15.1 Å². The fourth-order valence-corrected chi connectivity index (χ4v) is 2.50. The molecule has 0 aliphatic carbocycles. The van der Waals surface area contributed by atoms with Gasteiger partial charge in [-0.2, -0.15) is 10.1 Å². The molecule has 3 rings (SSSR count). The van der Waals surface area contributed by atoms with Gasteiger partial charge in [-0.25, -0.2) is 9.48 Å². The number of carbonyl (C=O) groups is 1. The van der Waals surface area contributed by atoms with Gasteiger partial charge in [0, 0.05) is 11.9 Å². The molecule has 8 heteroatoms. The highest BCUT2D eigenvalue weighted by Gasteiger charge is 2.23. The van der Waals surface area contributed by atoms with Gasteiger partial charge in [0.15, 0.2) is 11.6 Å². The predicted octanol–water partition coefficient (Wildman–Crippen LogP) is 1.59. The lowest BCUT2D eigenvalue weighted by molar-refractivity contribution is 0.101. The maximum Gasteiger partial charge on any atom is 0.349 e. The number of ketones is 1. The summed E-state index contributed by atoms with van der Waals surface area (Å²) in [7, 11) is 0. The standard InChI is InChI=1S/C15H11ClN4O3/c1-7-11-13(17-15(23)18-14(11)22)20(19-12(7)8(2)21)10-5-3-9(16)4-6-10/h3-6H,1-2H3,(H,18,22,23). The highest BCUT2D eigenvalue weighted by atomic mass is 35.5. The number of hydrogen-bond donors (Lipinski definition) is 1. The number of hydrogen-bond acceptors (Lipinski definition) is 5. The van der Waals surface area contributed by atoms with Gasteiger partial charge < -0.3 is 0 Å². The van der Waals surface area contributed by atoms with Gasteiger partial charge in [-0.1, -0.05) is 11.6 Å². The van der Waals surface area contributed by atoms with Gasteiger partial charge in [-0.05, 0) is 36.8 Å². The highest BCUT2D eigenvalue weighted by molar-refractivity contribution is 6.30. The summed E-state index contributed by atoms with van der Waals surface area (Å²) in [5.41, 5.74) is -0.184. The third-order valence-corrected chi connectivity index (χ3v) is 3.67. The van der Waals surface area contributed by atoms with E-state index >= 15 is 0 Å². The first-order valence-electron chi connectivity index (χ1n) is 6.69. The monoisotopic (exact) mass is 330 g/mol. The molecular weight excluding hydrogens is 320 g/mol. The quantitative estimate of drug-likeness (QED) is 0.719. The maximum atomic E-state index is 12.2. The van der Waals surface area contributed by atoms with Crippen LogP contribution in [0.15, 0.2) is 33.9 Å². The summed E-state index contributed by atoms with van der Waals surface area (Å²) in [6.45, 7) is 2.95. The molecular formula is C15H11ClN4O3. The fourth-order valence-electron chi connectivity index (χ4n) is 2.37. The van der Waals surface area contributed by atoms with E-state index in [0.717, 1.165) is 0 Å². The van der Waals surface area contributed by atoms with Gasteiger partial charge in [-0.3, -0.25) is 14.6 Å². The number of benzene rings is 1. The van der Waals surface area contributed by atoms with Crippen LogP contribution in [0.5, 0.6) is 0 Å². The molecule has 0 aromatic heterocycles. The number of Topliss-reactive ketones (excluding diaryl/α,β-unsaturated/α-hetero) is 1. The molecule has 0 unspecified atom stereocenters. The number of carbonyl (C=O) groups excluding carboxylic acids is 1. The van der Waals surface area contributed by atoms with Gasteiger partial charge in [0.1, 0.15) is 5.69 Å². The Morgan fingerprint density at radius 2 is 1.87 bits per heavy atom. The summed E-state index contributed by atoms with van der Waals surface area (Å²) >= 11 is 5.87. The largest absolute Gasteiger partial charge is 0.349 e. The molecule has 1 N–H and O–H groups in total. The lowest BCUT2D eigenvalue weighted by Crippen LogP contribution is -2.30. The van der Waals surface area contributed by atoms with Crippen LogP contribution in [0.2, 0.25) is 5.02 Å². The zero-order valence-electron chi connectivity index (χ0n) is 12.3. The summed E-state index contributed by atoms with van der Waals surface area (Å²) in [6, 6.07) is 6.58. The van der Waals surface area contributed by atoms with E-state index < -0.39 is 11.2 Å². The Labute approximate surface area is 134 Å². The Bertz CT molecular complexity index is 1000. The Morgan fingerprint density at radius 1 is 1.22 bits per heavy atom. The van der Waals surface area contributed by atoms with Crippen molar-refractivity contribution >= 4 is 17.4 Å². The third-order valence-electron chi connectivity index (χ3n) is 3.41. The van der Waals surface area contributed by atoms with E-state index in [-0.39, 0.29) is 22.9 Å². The van der Waals surface area contributed by atoms with Gasteiger partial charge in [-0.15, -0.1) is 0 Å². The first kappa shape index (κ1) is 15.1. The van der Waals surface area contributed by atoms with Gasteiger partial charge in [0.25, 0.3) is 5.56 Å². The zero-order valence-corrected chi connectivity index (χ0v) is 13.0. The number of rotatable bonds is 2. The van der Waals surface area contributed by atoms with Gasteiger partial charge in [0.05, 0.1) is 11.3 Å². The topological polar surface area (TPSA) is 97.7 Å². The van der Waals surface area contributed by atoms with Crippen LogP contribution in [0.1, 0.15) is 23.0 Å². The highest BCUT2D eigenvalue weighted by Crippen LogP contribution is 2.24. The third kappa shape index (κ3) is 2.55. The molecule has 7 nitrogen and oxygen atoms in total. The number of fused-ring (bicyclic) bond motifs is 1. The molecule has 1 aromatic rings. The van der Waals surface area contributed by atoms with Crippen LogP contribution in [0.4, 0.5) is 0 Å². The first-order valence-corrected chi connectivity index (χ1v) is 7.07. The minimum Gasteiger partial charge on any atom is -0.293 e. The number of nitrogens with zero attached hydrogens (tertiary/aromatic N) is 3. The minimum atomic E-state index is -0.776. The van der Waals surface area contributed by atoms with E-state index in [4.69, 9.17) is 11.6 Å². The molecule has 0 fully saturated rings. The molecule has 0 bridgehead atoms. The molecule has 116 valence electrons. The van der Waals surface area contributed by atoms with Crippen LogP contribution in [-0.4, -0.2) is 25.5 Å². The van der Waals surface area contributed by atoms with Crippen LogP contribution < -0.4 is 11.2 Å². The molecule has 0 radical (unpaired) electrons.